The van der Waals surface area contributed by atoms with Crippen LogP contribution >= 0.6 is 0 Å². The van der Waals surface area contributed by atoms with Crippen LogP contribution in [0.2, 0.25) is 0 Å². The highest BCUT2D eigenvalue weighted by Crippen LogP contribution is 2.18. The minimum absolute atomic E-state index is 0.0522. The molecule has 0 aliphatic rings. The molecule has 19 heavy (non-hydrogen) atoms. The van der Waals surface area contributed by atoms with E-state index in [1.54, 1.807) is 12.1 Å². The Morgan fingerprint density at radius 1 is 1.53 bits per heavy atom. The maximum atomic E-state index is 12.9. The average Bonchev–Trinajstić information content (AvgIpc) is 2.35. The molecule has 3 N–H and O–H groups in total. The van der Waals surface area contributed by atoms with Gasteiger partial charge >= 0.3 is 5.97 Å². The van der Waals surface area contributed by atoms with Gasteiger partial charge < -0.3 is 15.6 Å². The van der Waals surface area contributed by atoms with Crippen molar-refractivity contribution < 1.29 is 19.0 Å². The van der Waals surface area contributed by atoms with Gasteiger partial charge in [-0.05, 0) is 36.9 Å². The van der Waals surface area contributed by atoms with Gasteiger partial charge in [0.25, 0.3) is 0 Å². The van der Waals surface area contributed by atoms with E-state index in [0.29, 0.717) is 25.3 Å². The maximum absolute atomic E-state index is 12.9. The van der Waals surface area contributed by atoms with Crippen molar-refractivity contribution in [3.05, 3.63) is 30.1 Å². The Hall–Kier alpha value is -1.62. The molecule has 0 fully saturated rings. The van der Waals surface area contributed by atoms with E-state index in [1.807, 2.05) is 6.92 Å². The van der Waals surface area contributed by atoms with Crippen molar-refractivity contribution in [3.63, 3.8) is 0 Å². The van der Waals surface area contributed by atoms with Gasteiger partial charge in [0, 0.05) is 12.5 Å². The van der Waals surface area contributed by atoms with E-state index < -0.39 is 5.97 Å². The van der Waals surface area contributed by atoms with Crippen molar-refractivity contribution in [2.24, 2.45) is 17.6 Å². The van der Waals surface area contributed by atoms with Crippen molar-refractivity contribution in [1.82, 2.24) is 0 Å². The third-order valence-electron chi connectivity index (χ3n) is 2.86. The number of halogens is 1. The van der Waals surface area contributed by atoms with E-state index in [4.69, 9.17) is 15.6 Å². The van der Waals surface area contributed by atoms with Gasteiger partial charge in [-0.3, -0.25) is 4.79 Å². The Labute approximate surface area is 112 Å². The summed E-state index contributed by atoms with van der Waals surface area (Å²) >= 11 is 0. The fraction of sp³-hybridized carbons (Fsp3) is 0.500. The molecule has 0 spiro atoms. The van der Waals surface area contributed by atoms with E-state index >= 15 is 0 Å². The zero-order chi connectivity index (χ0) is 14.3. The summed E-state index contributed by atoms with van der Waals surface area (Å²) in [5.74, 6) is -0.585. The predicted octanol–water partition coefficient (Wildman–Crippen LogP) is 2.28. The van der Waals surface area contributed by atoms with Gasteiger partial charge in [0.05, 0.1) is 6.61 Å². The second-order valence-electron chi connectivity index (χ2n) is 4.81. The zero-order valence-corrected chi connectivity index (χ0v) is 11.0. The lowest BCUT2D eigenvalue weighted by Crippen LogP contribution is -2.22. The van der Waals surface area contributed by atoms with Crippen molar-refractivity contribution in [1.29, 1.82) is 0 Å². The number of carboxylic acids is 1. The van der Waals surface area contributed by atoms with Crippen LogP contribution in [0.1, 0.15) is 19.8 Å². The summed E-state index contributed by atoms with van der Waals surface area (Å²) in [7, 11) is 0. The van der Waals surface area contributed by atoms with Crippen molar-refractivity contribution in [3.8, 4) is 5.75 Å². The van der Waals surface area contributed by atoms with Gasteiger partial charge in [-0.1, -0.05) is 13.0 Å². The monoisotopic (exact) mass is 269 g/mol. The number of ether oxygens (including phenoxy) is 1. The number of carbonyl (C=O) groups is 1. The van der Waals surface area contributed by atoms with Crippen LogP contribution in [0.4, 0.5) is 4.39 Å². The van der Waals surface area contributed by atoms with E-state index in [-0.39, 0.29) is 24.1 Å². The molecule has 0 amide bonds. The highest BCUT2D eigenvalue weighted by molar-refractivity contribution is 5.67. The van der Waals surface area contributed by atoms with Gasteiger partial charge in [-0.2, -0.15) is 0 Å². The molecule has 1 rings (SSSR count). The summed E-state index contributed by atoms with van der Waals surface area (Å²) in [6.07, 6.45) is 0.749. The Morgan fingerprint density at radius 2 is 2.26 bits per heavy atom. The Kier molecular flexibility index (Phi) is 6.29. The summed E-state index contributed by atoms with van der Waals surface area (Å²) in [6.45, 7) is 2.72. The van der Waals surface area contributed by atoms with Crippen molar-refractivity contribution in [2.75, 3.05) is 13.2 Å². The van der Waals surface area contributed by atoms with Gasteiger partial charge in [-0.15, -0.1) is 0 Å². The lowest BCUT2D eigenvalue weighted by Gasteiger charge is -2.18. The first-order valence-corrected chi connectivity index (χ1v) is 6.31. The molecular weight excluding hydrogens is 249 g/mol. The van der Waals surface area contributed by atoms with Crippen LogP contribution in [-0.2, 0) is 4.79 Å². The molecule has 0 aliphatic heterocycles. The molecule has 0 aliphatic carbocycles. The largest absolute Gasteiger partial charge is 0.493 e. The number of nitrogens with two attached hydrogens (primary N) is 1. The first kappa shape index (κ1) is 15.4. The number of benzene rings is 1. The summed E-state index contributed by atoms with van der Waals surface area (Å²) in [5.41, 5.74) is 5.54. The first-order valence-electron chi connectivity index (χ1n) is 6.31. The third kappa shape index (κ3) is 6.20. The molecule has 0 radical (unpaired) electrons. The first-order chi connectivity index (χ1) is 9.01. The molecule has 5 heteroatoms. The van der Waals surface area contributed by atoms with E-state index in [9.17, 15) is 9.18 Å². The number of rotatable bonds is 8. The van der Waals surface area contributed by atoms with E-state index in [0.717, 1.165) is 0 Å². The Morgan fingerprint density at radius 3 is 2.84 bits per heavy atom. The summed E-state index contributed by atoms with van der Waals surface area (Å²) in [5, 5.41) is 8.74. The lowest BCUT2D eigenvalue weighted by molar-refractivity contribution is -0.138. The summed E-state index contributed by atoms with van der Waals surface area (Å²) in [4.78, 5) is 10.6. The maximum Gasteiger partial charge on any atom is 0.303 e. The molecule has 0 bridgehead atoms. The molecule has 4 nitrogen and oxygen atoms in total. The molecule has 1 aromatic carbocycles. The van der Waals surface area contributed by atoms with Gasteiger partial charge in [-0.25, -0.2) is 4.39 Å². The molecule has 0 heterocycles. The summed E-state index contributed by atoms with van der Waals surface area (Å²) in [6, 6.07) is 5.95. The predicted molar refractivity (Wildman–Crippen MR) is 70.5 cm³/mol. The third-order valence-corrected chi connectivity index (χ3v) is 2.86. The molecule has 0 saturated carbocycles. The van der Waals surface area contributed by atoms with Gasteiger partial charge in [0.15, 0.2) is 0 Å². The quantitative estimate of drug-likeness (QED) is 0.759. The van der Waals surface area contributed by atoms with Gasteiger partial charge in [0.2, 0.25) is 0 Å². The second kappa shape index (κ2) is 7.74. The van der Waals surface area contributed by atoms with Crippen molar-refractivity contribution in [2.45, 2.75) is 19.8 Å². The molecule has 0 aromatic heterocycles. The van der Waals surface area contributed by atoms with Crippen LogP contribution in [0, 0.1) is 17.7 Å². The van der Waals surface area contributed by atoms with Crippen LogP contribution in [0.5, 0.6) is 5.75 Å². The zero-order valence-electron chi connectivity index (χ0n) is 11.0. The summed E-state index contributed by atoms with van der Waals surface area (Å²) < 4.78 is 18.4. The van der Waals surface area contributed by atoms with Crippen LogP contribution in [0.25, 0.3) is 0 Å². The van der Waals surface area contributed by atoms with E-state index in [1.165, 1.54) is 12.1 Å². The topological polar surface area (TPSA) is 72.5 Å². The van der Waals surface area contributed by atoms with Crippen LogP contribution < -0.4 is 10.5 Å². The van der Waals surface area contributed by atoms with Crippen LogP contribution in [0.15, 0.2) is 24.3 Å². The lowest BCUT2D eigenvalue weighted by atomic mass is 9.94. The van der Waals surface area contributed by atoms with Crippen LogP contribution in [0.3, 0.4) is 0 Å². The van der Waals surface area contributed by atoms with Crippen LogP contribution in [-0.4, -0.2) is 24.2 Å². The number of aliphatic carboxylic acids is 1. The Balaban J connectivity index is 2.38. The highest BCUT2D eigenvalue weighted by Gasteiger charge is 2.15. The molecule has 1 unspecified atom stereocenters. The van der Waals surface area contributed by atoms with Gasteiger partial charge in [0.1, 0.15) is 11.6 Å². The normalized spacial score (nSPS) is 13.8. The molecule has 0 saturated heterocycles. The number of hydrogen-bond acceptors (Lipinski definition) is 3. The minimum atomic E-state index is -0.839. The highest BCUT2D eigenvalue weighted by atomic mass is 19.1. The standard InChI is InChI=1S/C14H20FNO3/c1-10(5-11(8-16)6-14(17)18)9-19-13-4-2-3-12(15)7-13/h2-4,7,10-11H,5-6,8-9,16H2,1H3,(H,17,18)/t10?,11-/m0/s1. The number of hydrogen-bond donors (Lipinski definition) is 2. The smallest absolute Gasteiger partial charge is 0.303 e. The van der Waals surface area contributed by atoms with E-state index in [2.05, 4.69) is 0 Å². The minimum Gasteiger partial charge on any atom is -0.493 e. The Bertz CT molecular complexity index is 411. The molecule has 1 aromatic rings. The van der Waals surface area contributed by atoms with Crippen molar-refractivity contribution >= 4 is 5.97 Å². The fourth-order valence-corrected chi connectivity index (χ4v) is 1.94. The molecular formula is C14H20FNO3. The SMILES string of the molecule is CC(COc1cccc(F)c1)C[C@H](CN)CC(=O)O. The number of carboxylic acid groups (broad SMARTS) is 1. The fourth-order valence-electron chi connectivity index (χ4n) is 1.94. The average molecular weight is 269 g/mol. The molecule has 106 valence electrons. The molecule has 2 atom stereocenters. The second-order valence-corrected chi connectivity index (χ2v) is 4.81.